The maximum Gasteiger partial charge on any atom is 0.249 e. The molecule has 1 fully saturated rings. The number of nitrogens with one attached hydrogen (secondary N) is 1. The van der Waals surface area contributed by atoms with Crippen molar-refractivity contribution in [1.29, 1.82) is 0 Å². The number of rotatable bonds is 59. The van der Waals surface area contributed by atoms with Crippen molar-refractivity contribution in [1.82, 2.24) is 5.32 Å². The zero-order valence-corrected chi connectivity index (χ0v) is 50.5. The third-order valence-electron chi connectivity index (χ3n) is 16.6. The summed E-state index contributed by atoms with van der Waals surface area (Å²) in [6, 6.07) is -1.18. The van der Waals surface area contributed by atoms with E-state index in [1.165, 1.54) is 257 Å². The molecule has 0 bridgehead atoms. The first-order valence-electron chi connectivity index (χ1n) is 33.6. The maximum absolute atomic E-state index is 13.2. The normalized spacial score (nSPS) is 19.5. The number of amides is 1. The van der Waals surface area contributed by atoms with Crippen molar-refractivity contribution in [2.75, 3.05) is 13.2 Å². The Morgan fingerprint density at radius 3 is 1.12 bits per heavy atom. The van der Waals surface area contributed by atoms with Crippen LogP contribution in [0.3, 0.4) is 0 Å². The van der Waals surface area contributed by atoms with E-state index in [0.717, 1.165) is 38.5 Å². The lowest BCUT2D eigenvalue weighted by Crippen LogP contribution is -2.60. The first-order valence-corrected chi connectivity index (χ1v) is 33.6. The second-order valence-corrected chi connectivity index (χ2v) is 23.9. The van der Waals surface area contributed by atoms with Gasteiger partial charge in [-0.15, -0.1) is 0 Å². The van der Waals surface area contributed by atoms with E-state index in [0.29, 0.717) is 12.8 Å². The molecule has 0 spiro atoms. The molecule has 0 saturated carbocycles. The number of aliphatic hydroxyl groups excluding tert-OH is 7. The monoisotopic (exact) mass is 1100 g/mol. The number of carbonyl (C=O) groups excluding carboxylic acids is 1. The van der Waals surface area contributed by atoms with Crippen molar-refractivity contribution in [2.45, 2.75) is 390 Å². The number of ether oxygens (including phenoxy) is 2. The minimum absolute atomic E-state index is 0.260. The maximum atomic E-state index is 13.2. The van der Waals surface area contributed by atoms with Crippen LogP contribution >= 0.6 is 0 Å². The molecule has 0 aromatic rings. The third kappa shape index (κ3) is 43.2. The Morgan fingerprint density at radius 1 is 0.442 bits per heavy atom. The van der Waals surface area contributed by atoms with Crippen molar-refractivity contribution >= 4 is 5.91 Å². The molecule has 1 aliphatic rings. The lowest BCUT2D eigenvalue weighted by molar-refractivity contribution is -0.303. The van der Waals surface area contributed by atoms with Gasteiger partial charge in [-0.2, -0.15) is 0 Å². The van der Waals surface area contributed by atoms with Crippen LogP contribution in [0.15, 0.2) is 12.2 Å². The lowest BCUT2D eigenvalue weighted by Gasteiger charge is -2.40. The molecule has 11 nitrogen and oxygen atoms in total. The average Bonchev–Trinajstić information content (AvgIpc) is 3.43. The van der Waals surface area contributed by atoms with Gasteiger partial charge in [0.15, 0.2) is 6.29 Å². The number of hydrogen-bond donors (Lipinski definition) is 8. The van der Waals surface area contributed by atoms with Crippen LogP contribution in [0, 0.1) is 0 Å². The minimum Gasteiger partial charge on any atom is -0.394 e. The highest BCUT2D eigenvalue weighted by molar-refractivity contribution is 5.80. The topological polar surface area (TPSA) is 189 Å². The number of hydrogen-bond acceptors (Lipinski definition) is 10. The second-order valence-electron chi connectivity index (χ2n) is 23.9. The number of allylic oxidation sites excluding steroid dienone is 2. The molecular weight excluding hydrogens is 967 g/mol. The molecule has 0 radical (unpaired) electrons. The summed E-state index contributed by atoms with van der Waals surface area (Å²) in [5, 5.41) is 76.0. The van der Waals surface area contributed by atoms with Gasteiger partial charge in [-0.1, -0.05) is 309 Å². The number of unbranched alkanes of at least 4 members (excludes halogenated alkanes) is 45. The van der Waals surface area contributed by atoms with E-state index in [-0.39, 0.29) is 12.8 Å². The summed E-state index contributed by atoms with van der Waals surface area (Å²) in [7, 11) is 0. The van der Waals surface area contributed by atoms with E-state index in [4.69, 9.17) is 9.47 Å². The molecule has 9 unspecified atom stereocenters. The summed E-state index contributed by atoms with van der Waals surface area (Å²) in [6.07, 6.45) is 56.2. The zero-order valence-electron chi connectivity index (χ0n) is 50.5. The molecule has 0 aromatic heterocycles. The smallest absolute Gasteiger partial charge is 0.249 e. The molecular formula is C66H129NO10. The first kappa shape index (κ1) is 73.9. The highest BCUT2D eigenvalue weighted by Gasteiger charge is 2.44. The van der Waals surface area contributed by atoms with Gasteiger partial charge in [-0.05, 0) is 38.5 Å². The average molecular weight is 1100 g/mol. The third-order valence-corrected chi connectivity index (χ3v) is 16.6. The molecule has 1 rings (SSSR count). The Morgan fingerprint density at radius 2 is 0.766 bits per heavy atom. The Bertz CT molecular complexity index is 1260. The van der Waals surface area contributed by atoms with Gasteiger partial charge in [0, 0.05) is 0 Å². The second kappa shape index (κ2) is 55.4. The predicted molar refractivity (Wildman–Crippen MR) is 321 cm³/mol. The number of carbonyl (C=O) groups is 1. The van der Waals surface area contributed by atoms with Crippen molar-refractivity contribution < 1.29 is 50.0 Å². The standard InChI is InChI=1S/C66H129NO10/c1-3-5-7-9-11-13-15-17-18-19-20-21-22-23-24-25-26-27-28-29-30-31-32-33-34-35-36-37-38-39-40-41-42-44-46-48-50-52-54-59(70)65(75)67-57(56-76-66-64(74)63(73)62(72)60(55-68)77-66)61(71)58(69)53-51-49-47-45-43-16-14-12-10-8-6-4-2/h45,47,57-64,66,68-74H,3-44,46,48-56H2,1-2H3,(H,67,75)/b47-45+. The molecule has 1 aliphatic heterocycles. The zero-order chi connectivity index (χ0) is 56.1. The molecule has 11 heteroatoms. The van der Waals surface area contributed by atoms with E-state index in [2.05, 4.69) is 31.3 Å². The molecule has 458 valence electrons. The van der Waals surface area contributed by atoms with Crippen LogP contribution < -0.4 is 5.32 Å². The molecule has 9 atom stereocenters. The highest BCUT2D eigenvalue weighted by atomic mass is 16.7. The van der Waals surface area contributed by atoms with Crippen LogP contribution in [0.5, 0.6) is 0 Å². The van der Waals surface area contributed by atoms with Gasteiger partial charge in [0.25, 0.3) is 0 Å². The summed E-state index contributed by atoms with van der Waals surface area (Å²) >= 11 is 0. The Labute approximate surface area is 474 Å². The van der Waals surface area contributed by atoms with Crippen LogP contribution in [0.25, 0.3) is 0 Å². The minimum atomic E-state index is -1.66. The highest BCUT2D eigenvalue weighted by Crippen LogP contribution is 2.24. The fourth-order valence-electron chi connectivity index (χ4n) is 11.2. The van der Waals surface area contributed by atoms with Crippen molar-refractivity contribution in [3.05, 3.63) is 12.2 Å². The summed E-state index contributed by atoms with van der Waals surface area (Å²) in [6.45, 7) is 3.46. The quantitative estimate of drug-likeness (QED) is 0.0215. The van der Waals surface area contributed by atoms with Gasteiger partial charge < -0.3 is 50.5 Å². The summed E-state index contributed by atoms with van der Waals surface area (Å²) in [5.74, 6) is -0.700. The van der Waals surface area contributed by atoms with Crippen molar-refractivity contribution in [3.8, 4) is 0 Å². The van der Waals surface area contributed by atoms with Crippen LogP contribution in [-0.4, -0.2) is 110 Å². The van der Waals surface area contributed by atoms with Crippen LogP contribution in [0.1, 0.15) is 335 Å². The largest absolute Gasteiger partial charge is 0.394 e. The van der Waals surface area contributed by atoms with Crippen molar-refractivity contribution in [2.24, 2.45) is 0 Å². The predicted octanol–water partition coefficient (Wildman–Crippen LogP) is 15.5. The molecule has 1 saturated heterocycles. The van der Waals surface area contributed by atoms with Crippen molar-refractivity contribution in [3.63, 3.8) is 0 Å². The molecule has 77 heavy (non-hydrogen) atoms. The van der Waals surface area contributed by atoms with Gasteiger partial charge in [-0.3, -0.25) is 4.79 Å². The Kier molecular flexibility index (Phi) is 53.1. The molecule has 1 amide bonds. The van der Waals surface area contributed by atoms with Gasteiger partial charge in [-0.25, -0.2) is 0 Å². The first-order chi connectivity index (χ1) is 37.7. The van der Waals surface area contributed by atoms with Crippen LogP contribution in [0.4, 0.5) is 0 Å². The van der Waals surface area contributed by atoms with Gasteiger partial charge in [0.1, 0.15) is 36.6 Å². The molecule has 0 aromatic carbocycles. The summed E-state index contributed by atoms with van der Waals surface area (Å²) in [5.41, 5.74) is 0. The fraction of sp³-hybridized carbons (Fsp3) is 0.955. The van der Waals surface area contributed by atoms with Gasteiger partial charge >= 0.3 is 0 Å². The summed E-state index contributed by atoms with van der Waals surface area (Å²) < 4.78 is 11.1. The lowest BCUT2D eigenvalue weighted by atomic mass is 9.98. The van der Waals surface area contributed by atoms with Gasteiger partial charge in [0.2, 0.25) is 5.91 Å². The molecule has 8 N–H and O–H groups in total. The SMILES string of the molecule is CCCCCCCCC/C=C/CCCC(O)C(O)C(COC1OC(CO)C(O)C(O)C1O)NC(=O)C(O)CCCCCCCCCCCCCCCCCCCCCCCCCCCCCCCCCCCCCCCC. The fourth-order valence-corrected chi connectivity index (χ4v) is 11.2. The van der Waals surface area contributed by atoms with Crippen LogP contribution in [-0.2, 0) is 14.3 Å². The molecule has 0 aliphatic carbocycles. The molecule has 1 heterocycles. The summed E-state index contributed by atoms with van der Waals surface area (Å²) in [4.78, 5) is 13.2. The van der Waals surface area contributed by atoms with Gasteiger partial charge in [0.05, 0.1) is 25.4 Å². The van der Waals surface area contributed by atoms with E-state index in [1.807, 2.05) is 0 Å². The van der Waals surface area contributed by atoms with E-state index >= 15 is 0 Å². The van der Waals surface area contributed by atoms with E-state index in [9.17, 15) is 40.5 Å². The Hall–Kier alpha value is -1.15. The number of aliphatic hydroxyl groups is 7. The van der Waals surface area contributed by atoms with E-state index < -0.39 is 74.2 Å². The van der Waals surface area contributed by atoms with Crippen LogP contribution in [0.2, 0.25) is 0 Å². The Balaban J connectivity index is 2.07. The van der Waals surface area contributed by atoms with E-state index in [1.54, 1.807) is 0 Å².